The van der Waals surface area contributed by atoms with Crippen LogP contribution in [-0.2, 0) is 13.6 Å². The molecule has 7 heteroatoms. The van der Waals surface area contributed by atoms with E-state index < -0.39 is 12.1 Å². The summed E-state index contributed by atoms with van der Waals surface area (Å²) < 4.78 is 9.52. The minimum absolute atomic E-state index is 0. The molecule has 132 valence electrons. The number of aliphatic hydroxyl groups is 1. The smallest absolute Gasteiger partial charge is 0.335 e. The van der Waals surface area contributed by atoms with Crippen LogP contribution in [-0.4, -0.2) is 33.5 Å². The number of rotatable bonds is 6. The third-order valence-electron chi connectivity index (χ3n) is 3.83. The monoisotopic (exact) mass is 454 g/mol. The number of imidazole rings is 1. The molecule has 25 heavy (non-hydrogen) atoms. The summed E-state index contributed by atoms with van der Waals surface area (Å²) in [6.07, 6.45) is 1.26. The second kappa shape index (κ2) is 8.30. The van der Waals surface area contributed by atoms with E-state index in [0.717, 1.165) is 11.0 Å². The summed E-state index contributed by atoms with van der Waals surface area (Å²) in [7, 11) is 1.96. The van der Waals surface area contributed by atoms with Crippen LogP contribution in [0.15, 0.2) is 54.9 Å². The highest BCUT2D eigenvalue weighted by molar-refractivity contribution is 5.87. The maximum absolute atomic E-state index is 10.8. The minimum atomic E-state index is -0.978. The first kappa shape index (κ1) is 19.2. The summed E-state index contributed by atoms with van der Waals surface area (Å²) in [5.74, 6) is -0.448. The van der Waals surface area contributed by atoms with Crippen molar-refractivity contribution >= 4 is 17.0 Å². The highest BCUT2D eigenvalue weighted by Gasteiger charge is 2.16. The highest BCUT2D eigenvalue weighted by atomic mass is 127. The van der Waals surface area contributed by atoms with Gasteiger partial charge in [-0.15, -0.1) is 0 Å². The number of aryl methyl sites for hydroxylation is 1. The third-order valence-corrected chi connectivity index (χ3v) is 3.83. The molecule has 0 radical (unpaired) electrons. The number of nitrogens with zero attached hydrogens (tertiary/aromatic N) is 2. The van der Waals surface area contributed by atoms with Crippen molar-refractivity contribution in [3.05, 3.63) is 60.4 Å². The topological polar surface area (TPSA) is 75.6 Å². The van der Waals surface area contributed by atoms with E-state index in [2.05, 4.69) is 0 Å². The number of hydrogen-bond donors (Lipinski definition) is 2. The van der Waals surface area contributed by atoms with Gasteiger partial charge in [0.05, 0.1) is 12.6 Å². The standard InChI is InChI=1S/C18H18N2O4.HI/c1-19-12-20(17-5-3-2-4-16(17)19)10-14(21)11-24-15-8-6-13(7-9-15)18(22)23;/h2-9,12,14,21H,10-11H2,1H3;1H. The molecule has 3 rings (SSSR count). The van der Waals surface area contributed by atoms with E-state index in [9.17, 15) is 9.90 Å². The number of benzene rings is 2. The molecular formula is C18H19IN2O4. The summed E-state index contributed by atoms with van der Waals surface area (Å²) in [5.41, 5.74) is 2.34. The summed E-state index contributed by atoms with van der Waals surface area (Å²) in [4.78, 5) is 10.8. The molecule has 3 aromatic rings. The van der Waals surface area contributed by atoms with Gasteiger partial charge in [-0.2, -0.15) is 0 Å². The SMILES string of the molecule is C[n+]1cn(CC(O)COc2ccc(C(=O)O)cc2)c2ccccc21.[I-]. The predicted molar refractivity (Wildman–Crippen MR) is 88.0 cm³/mol. The zero-order valence-electron chi connectivity index (χ0n) is 13.7. The molecule has 6 nitrogen and oxygen atoms in total. The Bertz CT molecular complexity index is 861. The predicted octanol–water partition coefficient (Wildman–Crippen LogP) is -1.39. The van der Waals surface area contributed by atoms with Gasteiger partial charge in [-0.25, -0.2) is 13.9 Å². The number of ether oxygens (including phenoxy) is 1. The second-order valence-electron chi connectivity index (χ2n) is 5.66. The molecule has 1 unspecified atom stereocenters. The first-order valence-corrected chi connectivity index (χ1v) is 7.62. The van der Waals surface area contributed by atoms with E-state index >= 15 is 0 Å². The van der Waals surface area contributed by atoms with Gasteiger partial charge in [0, 0.05) is 0 Å². The van der Waals surface area contributed by atoms with Gasteiger partial charge >= 0.3 is 5.97 Å². The van der Waals surface area contributed by atoms with Crippen LogP contribution in [0.4, 0.5) is 0 Å². The van der Waals surface area contributed by atoms with Crippen LogP contribution >= 0.6 is 0 Å². The molecule has 0 aliphatic carbocycles. The molecular weight excluding hydrogens is 435 g/mol. The highest BCUT2D eigenvalue weighted by Crippen LogP contribution is 2.14. The van der Waals surface area contributed by atoms with Crippen molar-refractivity contribution in [1.29, 1.82) is 0 Å². The van der Waals surface area contributed by atoms with Crippen molar-refractivity contribution < 1.29 is 48.3 Å². The fourth-order valence-corrected chi connectivity index (χ4v) is 2.65. The first-order chi connectivity index (χ1) is 11.5. The van der Waals surface area contributed by atoms with Crippen LogP contribution in [0.3, 0.4) is 0 Å². The summed E-state index contributed by atoms with van der Waals surface area (Å²) in [5, 5.41) is 19.1. The largest absolute Gasteiger partial charge is 1.00 e. The van der Waals surface area contributed by atoms with Gasteiger partial charge < -0.3 is 38.9 Å². The Morgan fingerprint density at radius 2 is 1.88 bits per heavy atom. The Morgan fingerprint density at radius 3 is 2.56 bits per heavy atom. The average molecular weight is 454 g/mol. The number of aliphatic hydroxyl groups excluding tert-OH is 1. The lowest BCUT2D eigenvalue weighted by Gasteiger charge is -2.11. The van der Waals surface area contributed by atoms with Gasteiger partial charge in [0.1, 0.15) is 25.0 Å². The van der Waals surface area contributed by atoms with Gasteiger partial charge in [0.15, 0.2) is 11.0 Å². The number of para-hydroxylation sites is 2. The number of fused-ring (bicyclic) bond motifs is 1. The van der Waals surface area contributed by atoms with Crippen LogP contribution in [0.2, 0.25) is 0 Å². The quantitative estimate of drug-likeness (QED) is 0.356. The lowest BCUT2D eigenvalue weighted by atomic mass is 10.2. The lowest BCUT2D eigenvalue weighted by Crippen LogP contribution is -3.00. The lowest BCUT2D eigenvalue weighted by molar-refractivity contribution is -0.645. The normalized spacial score (nSPS) is 11.8. The van der Waals surface area contributed by atoms with Crippen molar-refractivity contribution in [2.75, 3.05) is 6.61 Å². The van der Waals surface area contributed by atoms with Crippen molar-refractivity contribution in [2.45, 2.75) is 12.6 Å². The van der Waals surface area contributed by atoms with Crippen molar-refractivity contribution in [2.24, 2.45) is 7.05 Å². The van der Waals surface area contributed by atoms with Crippen molar-refractivity contribution in [3.8, 4) is 5.75 Å². The fourth-order valence-electron chi connectivity index (χ4n) is 2.65. The number of carbonyl (C=O) groups is 1. The third kappa shape index (κ3) is 4.49. The molecule has 0 amide bonds. The van der Waals surface area contributed by atoms with Gasteiger partial charge in [-0.05, 0) is 36.4 Å². The molecule has 0 aliphatic heterocycles. The van der Waals surface area contributed by atoms with Crippen LogP contribution in [0.25, 0.3) is 11.0 Å². The molecule has 2 N–H and O–H groups in total. The Morgan fingerprint density at radius 1 is 1.20 bits per heavy atom. The Balaban J connectivity index is 0.00000225. The number of carboxylic acids is 1. The van der Waals surface area contributed by atoms with Gasteiger partial charge in [0.2, 0.25) is 6.33 Å². The number of aromatic nitrogens is 2. The van der Waals surface area contributed by atoms with E-state index in [4.69, 9.17) is 9.84 Å². The molecule has 0 saturated carbocycles. The maximum Gasteiger partial charge on any atom is 0.335 e. The van der Waals surface area contributed by atoms with Gasteiger partial charge in [-0.1, -0.05) is 12.1 Å². The summed E-state index contributed by atoms with van der Waals surface area (Å²) in [6.45, 7) is 0.539. The van der Waals surface area contributed by atoms with E-state index in [1.165, 1.54) is 12.1 Å². The van der Waals surface area contributed by atoms with Crippen molar-refractivity contribution in [1.82, 2.24) is 4.57 Å². The minimum Gasteiger partial charge on any atom is -1.00 e. The second-order valence-corrected chi connectivity index (χ2v) is 5.66. The van der Waals surface area contributed by atoms with E-state index in [1.54, 1.807) is 12.1 Å². The van der Waals surface area contributed by atoms with Crippen LogP contribution < -0.4 is 33.3 Å². The van der Waals surface area contributed by atoms with Crippen LogP contribution in [0.5, 0.6) is 5.75 Å². The van der Waals surface area contributed by atoms with E-state index in [0.29, 0.717) is 12.3 Å². The molecule has 1 aromatic heterocycles. The fraction of sp³-hybridized carbons (Fsp3) is 0.222. The Kier molecular flexibility index (Phi) is 6.38. The Hall–Kier alpha value is -2.13. The number of aromatic carboxylic acids is 1. The molecule has 0 spiro atoms. The number of carboxylic acid groups (broad SMARTS) is 1. The summed E-state index contributed by atoms with van der Waals surface area (Å²) in [6, 6.07) is 14.1. The number of halogens is 1. The van der Waals surface area contributed by atoms with Crippen molar-refractivity contribution in [3.63, 3.8) is 0 Å². The van der Waals surface area contributed by atoms with E-state index in [-0.39, 0.29) is 36.1 Å². The first-order valence-electron chi connectivity index (χ1n) is 7.62. The molecule has 1 atom stereocenters. The van der Waals surface area contributed by atoms with Gasteiger partial charge in [-0.3, -0.25) is 0 Å². The average Bonchev–Trinajstić information content (AvgIpc) is 2.90. The summed E-state index contributed by atoms with van der Waals surface area (Å²) >= 11 is 0. The molecule has 0 saturated heterocycles. The van der Waals surface area contributed by atoms with Crippen LogP contribution in [0, 0.1) is 0 Å². The molecule has 0 bridgehead atoms. The molecule has 0 aliphatic rings. The van der Waals surface area contributed by atoms with E-state index in [1.807, 2.05) is 46.8 Å². The Labute approximate surface area is 162 Å². The van der Waals surface area contributed by atoms with Crippen LogP contribution in [0.1, 0.15) is 10.4 Å². The maximum atomic E-state index is 10.8. The zero-order chi connectivity index (χ0) is 17.1. The molecule has 1 heterocycles. The number of hydrogen-bond acceptors (Lipinski definition) is 3. The molecule has 0 fully saturated rings. The van der Waals surface area contributed by atoms with Gasteiger partial charge in [0.25, 0.3) is 0 Å². The zero-order valence-corrected chi connectivity index (χ0v) is 15.8. The molecule has 2 aromatic carbocycles.